The van der Waals surface area contributed by atoms with Crippen LogP contribution in [0.1, 0.15) is 55.2 Å². The predicted molar refractivity (Wildman–Crippen MR) is 139 cm³/mol. The zero-order valence-corrected chi connectivity index (χ0v) is 21.4. The topological polar surface area (TPSA) is 97.1 Å². The maximum Gasteiger partial charge on any atom is 0.290 e. The van der Waals surface area contributed by atoms with Gasteiger partial charge in [0.15, 0.2) is 11.6 Å². The van der Waals surface area contributed by atoms with Gasteiger partial charge in [0, 0.05) is 56.6 Å². The third kappa shape index (κ3) is 5.55. The van der Waals surface area contributed by atoms with Crippen molar-refractivity contribution in [2.45, 2.75) is 52.0 Å². The predicted octanol–water partition coefficient (Wildman–Crippen LogP) is 3.26. The molecule has 186 valence electrons. The lowest BCUT2D eigenvalue weighted by atomic mass is 9.86. The van der Waals surface area contributed by atoms with E-state index in [1.807, 2.05) is 44.3 Å². The van der Waals surface area contributed by atoms with Crippen LogP contribution in [-0.2, 0) is 19.5 Å². The van der Waals surface area contributed by atoms with Gasteiger partial charge in [0.05, 0.1) is 0 Å². The van der Waals surface area contributed by atoms with E-state index in [4.69, 9.17) is 0 Å². The molecule has 9 nitrogen and oxygen atoms in total. The average Bonchev–Trinajstić information content (AvgIpc) is 3.13. The highest BCUT2D eigenvalue weighted by Crippen LogP contribution is 2.23. The van der Waals surface area contributed by atoms with Gasteiger partial charge in [-0.2, -0.15) is 10.2 Å². The second-order valence-corrected chi connectivity index (χ2v) is 10.4. The molecule has 0 bridgehead atoms. The lowest BCUT2D eigenvalue weighted by molar-refractivity contribution is 0.0933. The number of benzene rings is 1. The summed E-state index contributed by atoms with van der Waals surface area (Å²) < 4.78 is 3.09. The van der Waals surface area contributed by atoms with E-state index >= 15 is 0 Å². The monoisotopic (exact) mass is 477 g/mol. The molecule has 2 N–H and O–H groups in total. The molecule has 1 aliphatic rings. The first kappa shape index (κ1) is 24.5. The Balaban J connectivity index is 1.47. The van der Waals surface area contributed by atoms with E-state index in [2.05, 4.69) is 46.5 Å². The lowest BCUT2D eigenvalue weighted by Gasteiger charge is -2.34. The van der Waals surface area contributed by atoms with Gasteiger partial charge in [-0.05, 0) is 42.9 Å². The van der Waals surface area contributed by atoms with Gasteiger partial charge in [0.2, 0.25) is 0 Å². The third-order valence-electron chi connectivity index (χ3n) is 6.52. The smallest absolute Gasteiger partial charge is 0.290 e. The normalized spacial score (nSPS) is 16.3. The quantitative estimate of drug-likeness (QED) is 0.586. The van der Waals surface area contributed by atoms with Crippen molar-refractivity contribution in [3.8, 4) is 0 Å². The average molecular weight is 478 g/mol. The number of carbonyl (C=O) groups is 1. The van der Waals surface area contributed by atoms with Gasteiger partial charge < -0.3 is 15.5 Å². The van der Waals surface area contributed by atoms with E-state index in [9.17, 15) is 9.59 Å². The molecule has 1 fully saturated rings. The van der Waals surface area contributed by atoms with Crippen LogP contribution in [0.4, 0.5) is 17.3 Å². The van der Waals surface area contributed by atoms with Crippen LogP contribution >= 0.6 is 0 Å². The molecule has 1 aromatic carbocycles. The summed E-state index contributed by atoms with van der Waals surface area (Å²) in [5.74, 6) is 1.23. The Bertz CT molecular complexity index is 1250. The summed E-state index contributed by atoms with van der Waals surface area (Å²) >= 11 is 0. The van der Waals surface area contributed by atoms with Crippen molar-refractivity contribution in [2.75, 3.05) is 23.3 Å². The fourth-order valence-electron chi connectivity index (χ4n) is 4.29. The minimum atomic E-state index is -0.224. The van der Waals surface area contributed by atoms with Crippen LogP contribution in [0.15, 0.2) is 41.2 Å². The standard InChI is InChI=1S/C26H35N7O2/c1-17-14-22(29-31(17)5)28-21-15-23(30-32(6)25(21)35)33-13-7-8-20(16-33)27-24(34)18-9-11-19(12-10-18)26(2,3)4/h9-12,14-15,20H,7-8,13,16H2,1-6H3,(H,27,34)(H,28,29)/t20-/m1/s1. The molecule has 1 saturated heterocycles. The minimum Gasteiger partial charge on any atom is -0.353 e. The highest BCUT2D eigenvalue weighted by atomic mass is 16.2. The highest BCUT2D eigenvalue weighted by molar-refractivity contribution is 5.94. The Labute approximate surface area is 206 Å². The number of piperidine rings is 1. The molecule has 4 rings (SSSR count). The SMILES string of the molecule is Cc1cc(Nc2cc(N3CCC[C@@H](NC(=O)c4ccc(C(C)(C)C)cc4)C3)nn(C)c2=O)nn1C. The number of nitrogens with one attached hydrogen (secondary N) is 2. The number of anilines is 3. The number of carbonyl (C=O) groups excluding carboxylic acids is 1. The number of aryl methyl sites for hydroxylation is 3. The molecular formula is C26H35N7O2. The Morgan fingerprint density at radius 1 is 1.06 bits per heavy atom. The zero-order chi connectivity index (χ0) is 25.3. The molecule has 35 heavy (non-hydrogen) atoms. The summed E-state index contributed by atoms with van der Waals surface area (Å²) in [6, 6.07) is 11.5. The van der Waals surface area contributed by atoms with Crippen LogP contribution in [0.5, 0.6) is 0 Å². The zero-order valence-electron chi connectivity index (χ0n) is 21.4. The maximum atomic E-state index is 12.9. The number of nitrogens with zero attached hydrogens (tertiary/aromatic N) is 5. The molecule has 0 unspecified atom stereocenters. The van der Waals surface area contributed by atoms with Crippen LogP contribution in [0.25, 0.3) is 0 Å². The van der Waals surface area contributed by atoms with Crippen LogP contribution in [0, 0.1) is 6.92 Å². The number of aromatic nitrogens is 4. The number of hydrogen-bond donors (Lipinski definition) is 2. The first-order valence-corrected chi connectivity index (χ1v) is 12.0. The van der Waals surface area contributed by atoms with Crippen molar-refractivity contribution < 1.29 is 4.79 Å². The highest BCUT2D eigenvalue weighted by Gasteiger charge is 2.24. The summed E-state index contributed by atoms with van der Waals surface area (Å²) in [5, 5.41) is 15.2. The molecule has 0 aliphatic carbocycles. The second-order valence-electron chi connectivity index (χ2n) is 10.4. The molecular weight excluding hydrogens is 442 g/mol. The molecule has 3 aromatic rings. The van der Waals surface area contributed by atoms with E-state index in [1.54, 1.807) is 17.8 Å². The second kappa shape index (κ2) is 9.56. The van der Waals surface area contributed by atoms with Gasteiger partial charge >= 0.3 is 0 Å². The van der Waals surface area contributed by atoms with Crippen LogP contribution in [0.2, 0.25) is 0 Å². The number of hydrogen-bond acceptors (Lipinski definition) is 6. The van der Waals surface area contributed by atoms with Crippen molar-refractivity contribution in [3.05, 3.63) is 63.6 Å². The Morgan fingerprint density at radius 3 is 2.40 bits per heavy atom. The van der Waals surface area contributed by atoms with E-state index in [0.29, 0.717) is 29.4 Å². The summed E-state index contributed by atoms with van der Waals surface area (Å²) in [6.45, 7) is 9.86. The molecule has 0 radical (unpaired) electrons. The van der Waals surface area contributed by atoms with Crippen molar-refractivity contribution >= 4 is 23.2 Å². The summed E-state index contributed by atoms with van der Waals surface area (Å²) in [4.78, 5) is 27.7. The third-order valence-corrected chi connectivity index (χ3v) is 6.52. The molecule has 3 heterocycles. The van der Waals surface area contributed by atoms with E-state index in [1.165, 1.54) is 10.2 Å². The Kier molecular flexibility index (Phi) is 6.69. The maximum absolute atomic E-state index is 12.9. The fourth-order valence-corrected chi connectivity index (χ4v) is 4.29. The molecule has 0 saturated carbocycles. The van der Waals surface area contributed by atoms with Crippen molar-refractivity contribution in [2.24, 2.45) is 14.1 Å². The van der Waals surface area contributed by atoms with Crippen LogP contribution < -0.4 is 21.1 Å². The molecule has 0 spiro atoms. The summed E-state index contributed by atoms with van der Waals surface area (Å²) in [5.41, 5.74) is 3.08. The van der Waals surface area contributed by atoms with Crippen LogP contribution in [-0.4, -0.2) is 44.6 Å². The minimum absolute atomic E-state index is 0.00701. The van der Waals surface area contributed by atoms with E-state index in [0.717, 1.165) is 25.1 Å². The van der Waals surface area contributed by atoms with Crippen molar-refractivity contribution in [1.82, 2.24) is 24.9 Å². The Morgan fingerprint density at radius 2 is 1.77 bits per heavy atom. The van der Waals surface area contributed by atoms with Crippen LogP contribution in [0.3, 0.4) is 0 Å². The molecule has 1 atom stereocenters. The molecule has 1 aliphatic heterocycles. The summed E-state index contributed by atoms with van der Waals surface area (Å²) in [6.07, 6.45) is 1.81. The van der Waals surface area contributed by atoms with E-state index in [-0.39, 0.29) is 22.9 Å². The molecule has 2 aromatic heterocycles. The van der Waals surface area contributed by atoms with Crippen molar-refractivity contribution in [3.63, 3.8) is 0 Å². The number of amides is 1. The van der Waals surface area contributed by atoms with Crippen molar-refractivity contribution in [1.29, 1.82) is 0 Å². The largest absolute Gasteiger partial charge is 0.353 e. The van der Waals surface area contributed by atoms with E-state index < -0.39 is 0 Å². The van der Waals surface area contributed by atoms with Gasteiger partial charge in [-0.25, -0.2) is 4.68 Å². The van der Waals surface area contributed by atoms with Gasteiger partial charge in [0.25, 0.3) is 11.5 Å². The van der Waals surface area contributed by atoms with Gasteiger partial charge in [-0.15, -0.1) is 0 Å². The Hall–Kier alpha value is -3.62. The van der Waals surface area contributed by atoms with Gasteiger partial charge in [-0.1, -0.05) is 32.9 Å². The lowest BCUT2D eigenvalue weighted by Crippen LogP contribution is -2.48. The van der Waals surface area contributed by atoms with Gasteiger partial charge in [0.1, 0.15) is 5.69 Å². The number of rotatable bonds is 5. The molecule has 9 heteroatoms. The first-order chi connectivity index (χ1) is 16.5. The van der Waals surface area contributed by atoms with Gasteiger partial charge in [-0.3, -0.25) is 14.3 Å². The first-order valence-electron chi connectivity index (χ1n) is 12.0. The summed E-state index contributed by atoms with van der Waals surface area (Å²) in [7, 11) is 3.50. The molecule has 1 amide bonds. The fraction of sp³-hybridized carbons (Fsp3) is 0.462.